The van der Waals surface area contributed by atoms with E-state index in [-0.39, 0.29) is 5.91 Å². The molecule has 2 rings (SSSR count). The van der Waals surface area contributed by atoms with Gasteiger partial charge in [-0.1, -0.05) is 0 Å². The summed E-state index contributed by atoms with van der Waals surface area (Å²) in [5.74, 6) is 0.833. The number of hydrogen-bond donors (Lipinski definition) is 1. The Morgan fingerprint density at radius 3 is 2.48 bits per heavy atom. The molecular formula is C18H26N4O3. The molecule has 7 heteroatoms. The van der Waals surface area contributed by atoms with Gasteiger partial charge in [-0.05, 0) is 24.3 Å². The number of carbonyl (C=O) groups excluding carboxylic acids is 1. The van der Waals surface area contributed by atoms with Gasteiger partial charge in [0.2, 0.25) is 5.91 Å². The summed E-state index contributed by atoms with van der Waals surface area (Å²) in [4.78, 5) is 16.3. The summed E-state index contributed by atoms with van der Waals surface area (Å²) >= 11 is 0. The fourth-order valence-electron chi connectivity index (χ4n) is 2.64. The van der Waals surface area contributed by atoms with Crippen LogP contribution in [0.4, 0.5) is 0 Å². The van der Waals surface area contributed by atoms with Crippen molar-refractivity contribution in [3.63, 3.8) is 0 Å². The second kappa shape index (κ2) is 10.7. The van der Waals surface area contributed by atoms with Crippen LogP contribution in [0.5, 0.6) is 5.75 Å². The lowest BCUT2D eigenvalue weighted by Gasteiger charge is -2.34. The average Bonchev–Trinajstić information content (AvgIpc) is 2.64. The average molecular weight is 346 g/mol. The van der Waals surface area contributed by atoms with Crippen molar-refractivity contribution >= 4 is 5.91 Å². The van der Waals surface area contributed by atoms with Crippen molar-refractivity contribution in [3.05, 3.63) is 29.8 Å². The predicted molar refractivity (Wildman–Crippen MR) is 94.4 cm³/mol. The minimum absolute atomic E-state index is 0.0506. The lowest BCUT2D eigenvalue weighted by Crippen LogP contribution is -2.50. The van der Waals surface area contributed by atoms with E-state index < -0.39 is 0 Å². The number of hydrogen-bond acceptors (Lipinski definition) is 6. The summed E-state index contributed by atoms with van der Waals surface area (Å²) in [6.45, 7) is 6.64. The zero-order valence-electron chi connectivity index (χ0n) is 14.7. The van der Waals surface area contributed by atoms with Crippen LogP contribution in [0.25, 0.3) is 0 Å². The van der Waals surface area contributed by atoms with Gasteiger partial charge in [-0.2, -0.15) is 5.26 Å². The first-order valence-electron chi connectivity index (χ1n) is 8.54. The Balaban J connectivity index is 1.58. The molecule has 0 spiro atoms. The van der Waals surface area contributed by atoms with Crippen LogP contribution in [-0.4, -0.2) is 81.8 Å². The van der Waals surface area contributed by atoms with Crippen molar-refractivity contribution in [1.82, 2.24) is 15.1 Å². The highest BCUT2D eigenvalue weighted by atomic mass is 16.5. The van der Waals surface area contributed by atoms with Crippen LogP contribution in [0.1, 0.15) is 5.56 Å². The van der Waals surface area contributed by atoms with Crippen LogP contribution in [0, 0.1) is 11.3 Å². The van der Waals surface area contributed by atoms with Gasteiger partial charge >= 0.3 is 0 Å². The maximum absolute atomic E-state index is 11.8. The summed E-state index contributed by atoms with van der Waals surface area (Å²) in [5.41, 5.74) is 0.634. The maximum atomic E-state index is 11.8. The number of benzene rings is 1. The van der Waals surface area contributed by atoms with Gasteiger partial charge in [0.1, 0.15) is 12.4 Å². The number of nitrogens with zero attached hydrogens (tertiary/aromatic N) is 3. The van der Waals surface area contributed by atoms with Crippen LogP contribution in [0.2, 0.25) is 0 Å². The third kappa shape index (κ3) is 7.10. The summed E-state index contributed by atoms with van der Waals surface area (Å²) in [7, 11) is 1.62. The van der Waals surface area contributed by atoms with E-state index in [4.69, 9.17) is 14.7 Å². The Kier molecular flexibility index (Phi) is 8.19. The molecular weight excluding hydrogens is 320 g/mol. The van der Waals surface area contributed by atoms with Gasteiger partial charge in [-0.3, -0.25) is 14.6 Å². The molecule has 0 atom stereocenters. The first kappa shape index (κ1) is 19.2. The van der Waals surface area contributed by atoms with E-state index in [1.54, 1.807) is 19.2 Å². The molecule has 1 N–H and O–H groups in total. The molecule has 1 aliphatic heterocycles. The highest BCUT2D eigenvalue weighted by Gasteiger charge is 2.18. The van der Waals surface area contributed by atoms with E-state index in [1.807, 2.05) is 12.1 Å². The maximum Gasteiger partial charge on any atom is 0.234 e. The Bertz CT molecular complexity index is 563. The molecule has 25 heavy (non-hydrogen) atoms. The third-order valence-electron chi connectivity index (χ3n) is 4.12. The molecule has 0 aromatic heterocycles. The molecule has 0 saturated carbocycles. The monoisotopic (exact) mass is 346 g/mol. The molecule has 0 unspecified atom stereocenters. The molecule has 0 bridgehead atoms. The van der Waals surface area contributed by atoms with Crippen LogP contribution >= 0.6 is 0 Å². The van der Waals surface area contributed by atoms with Crippen molar-refractivity contribution in [3.8, 4) is 11.8 Å². The topological polar surface area (TPSA) is 77.8 Å². The minimum Gasteiger partial charge on any atom is -0.492 e. The molecule has 7 nitrogen and oxygen atoms in total. The van der Waals surface area contributed by atoms with E-state index in [0.29, 0.717) is 31.9 Å². The summed E-state index contributed by atoms with van der Waals surface area (Å²) in [5, 5.41) is 11.6. The minimum atomic E-state index is 0.0506. The van der Waals surface area contributed by atoms with E-state index in [9.17, 15) is 4.79 Å². The molecule has 0 radical (unpaired) electrons. The summed E-state index contributed by atoms with van der Waals surface area (Å²) in [6, 6.07) is 9.24. The molecule has 1 amide bonds. The molecule has 1 aromatic rings. The first-order chi connectivity index (χ1) is 12.2. The van der Waals surface area contributed by atoms with Crippen molar-refractivity contribution in [2.45, 2.75) is 0 Å². The standard InChI is InChI=1S/C18H26N4O3/c1-24-12-6-20-18(23)15-22-9-7-21(8-10-22)11-13-25-17-4-2-16(14-19)3-5-17/h2-5H,6-13,15H2,1H3,(H,20,23). The summed E-state index contributed by atoms with van der Waals surface area (Å²) in [6.07, 6.45) is 0. The number of methoxy groups -OCH3 is 1. The highest BCUT2D eigenvalue weighted by molar-refractivity contribution is 5.77. The molecule has 0 aliphatic carbocycles. The van der Waals surface area contributed by atoms with E-state index in [1.165, 1.54) is 0 Å². The predicted octanol–water partition coefficient (Wildman–Crippen LogP) is 0.317. The molecule has 1 fully saturated rings. The SMILES string of the molecule is COCCNC(=O)CN1CCN(CCOc2ccc(C#N)cc2)CC1. The van der Waals surface area contributed by atoms with Crippen LogP contribution in [-0.2, 0) is 9.53 Å². The zero-order valence-corrected chi connectivity index (χ0v) is 14.7. The largest absolute Gasteiger partial charge is 0.492 e. The van der Waals surface area contributed by atoms with Crippen molar-refractivity contribution < 1.29 is 14.3 Å². The smallest absolute Gasteiger partial charge is 0.234 e. The lowest BCUT2D eigenvalue weighted by atomic mass is 10.2. The van der Waals surface area contributed by atoms with Crippen LogP contribution in [0.15, 0.2) is 24.3 Å². The normalized spacial score (nSPS) is 15.5. The molecule has 1 aliphatic rings. The molecule has 136 valence electrons. The van der Waals surface area contributed by atoms with E-state index in [2.05, 4.69) is 21.2 Å². The number of ether oxygens (including phenoxy) is 2. The van der Waals surface area contributed by atoms with Gasteiger partial charge in [0.15, 0.2) is 0 Å². The van der Waals surface area contributed by atoms with E-state index in [0.717, 1.165) is 38.5 Å². The van der Waals surface area contributed by atoms with Gasteiger partial charge in [-0.25, -0.2) is 0 Å². The number of rotatable bonds is 9. The number of carbonyl (C=O) groups is 1. The van der Waals surface area contributed by atoms with E-state index >= 15 is 0 Å². The number of piperazine rings is 1. The Morgan fingerprint density at radius 1 is 1.16 bits per heavy atom. The second-order valence-electron chi connectivity index (χ2n) is 5.95. The lowest BCUT2D eigenvalue weighted by molar-refractivity contribution is -0.122. The Hall–Kier alpha value is -2.14. The van der Waals surface area contributed by atoms with Gasteiger partial charge in [0, 0.05) is 46.4 Å². The fraction of sp³-hybridized carbons (Fsp3) is 0.556. The highest BCUT2D eigenvalue weighted by Crippen LogP contribution is 2.11. The fourth-order valence-corrected chi connectivity index (χ4v) is 2.64. The number of nitriles is 1. The van der Waals surface area contributed by atoms with Crippen molar-refractivity contribution in [2.75, 3.05) is 66.1 Å². The van der Waals surface area contributed by atoms with Crippen LogP contribution < -0.4 is 10.1 Å². The Morgan fingerprint density at radius 2 is 1.84 bits per heavy atom. The van der Waals surface area contributed by atoms with Gasteiger partial charge in [-0.15, -0.1) is 0 Å². The zero-order chi connectivity index (χ0) is 17.9. The molecule has 1 saturated heterocycles. The Labute approximate surface area is 149 Å². The molecule has 1 aromatic carbocycles. The first-order valence-corrected chi connectivity index (χ1v) is 8.54. The van der Waals surface area contributed by atoms with Crippen molar-refractivity contribution in [1.29, 1.82) is 5.26 Å². The number of nitrogens with one attached hydrogen (secondary N) is 1. The summed E-state index contributed by atoms with van der Waals surface area (Å²) < 4.78 is 10.6. The quantitative estimate of drug-likeness (QED) is 0.649. The van der Waals surface area contributed by atoms with Crippen molar-refractivity contribution in [2.24, 2.45) is 0 Å². The van der Waals surface area contributed by atoms with Crippen LogP contribution in [0.3, 0.4) is 0 Å². The van der Waals surface area contributed by atoms with Gasteiger partial charge in [0.05, 0.1) is 24.8 Å². The van der Waals surface area contributed by atoms with Gasteiger partial charge < -0.3 is 14.8 Å². The third-order valence-corrected chi connectivity index (χ3v) is 4.12. The number of amides is 1. The molecule has 1 heterocycles. The van der Waals surface area contributed by atoms with Gasteiger partial charge in [0.25, 0.3) is 0 Å². The second-order valence-corrected chi connectivity index (χ2v) is 5.95.